The highest BCUT2D eigenvalue weighted by molar-refractivity contribution is 6.55. The van der Waals surface area contributed by atoms with Crippen molar-refractivity contribution in [1.82, 2.24) is 4.90 Å². The lowest BCUT2D eigenvalue weighted by molar-refractivity contribution is 0.00578. The van der Waals surface area contributed by atoms with E-state index in [-0.39, 0.29) is 36.5 Å². The van der Waals surface area contributed by atoms with Gasteiger partial charge in [-0.2, -0.15) is 0 Å². The van der Waals surface area contributed by atoms with Crippen molar-refractivity contribution in [1.29, 1.82) is 0 Å². The molecule has 5 nitrogen and oxygen atoms in total. The van der Waals surface area contributed by atoms with E-state index in [4.69, 9.17) is 14.0 Å². The van der Waals surface area contributed by atoms with Crippen molar-refractivity contribution in [3.8, 4) is 0 Å². The van der Waals surface area contributed by atoms with Gasteiger partial charge in [-0.15, -0.1) is 0 Å². The average Bonchev–Trinajstić information content (AvgIpc) is 2.97. The first-order chi connectivity index (χ1) is 10.4. The number of hydrogen-bond acceptors (Lipinski definition) is 4. The molecule has 6 heteroatoms. The Labute approximate surface area is 139 Å². The molecule has 2 fully saturated rings. The van der Waals surface area contributed by atoms with Gasteiger partial charge in [-0.3, -0.25) is 4.90 Å². The maximum atomic E-state index is 12.5. The summed E-state index contributed by atoms with van der Waals surface area (Å²) in [5.41, 5.74) is -0.136. The zero-order valence-corrected chi connectivity index (χ0v) is 15.3. The Hall–Kier alpha value is -1.01. The van der Waals surface area contributed by atoms with E-state index in [1.54, 1.807) is 0 Å². The van der Waals surface area contributed by atoms with Gasteiger partial charge in [-0.05, 0) is 66.8 Å². The largest absolute Gasteiger partial charge is 0.492 e. The van der Waals surface area contributed by atoms with Gasteiger partial charge in [0.2, 0.25) is 0 Å². The van der Waals surface area contributed by atoms with E-state index >= 15 is 0 Å². The SMILES string of the molecule is CC(C)(C)OC(=O)N1[C@H]2C=C(B3OC(C)(C)C(C)(C)O3)[C@@H]1CC2. The van der Waals surface area contributed by atoms with Crippen molar-refractivity contribution in [3.05, 3.63) is 11.5 Å². The fourth-order valence-corrected chi connectivity index (χ4v) is 3.45. The van der Waals surface area contributed by atoms with Crippen molar-refractivity contribution < 1.29 is 18.8 Å². The van der Waals surface area contributed by atoms with Crippen molar-refractivity contribution >= 4 is 13.2 Å². The molecule has 0 aliphatic carbocycles. The smallest absolute Gasteiger partial charge is 0.444 e. The molecule has 0 aromatic heterocycles. The Morgan fingerprint density at radius 1 is 1.22 bits per heavy atom. The van der Waals surface area contributed by atoms with Gasteiger partial charge in [-0.1, -0.05) is 6.08 Å². The topological polar surface area (TPSA) is 48.0 Å². The third-order valence-electron chi connectivity index (χ3n) is 5.33. The standard InChI is InChI=1S/C17H28BNO4/c1-15(2,3)21-14(20)19-11-8-9-13(19)12(10-11)18-22-16(4,5)17(6,7)23-18/h10-11,13H,8-9H2,1-7H3/t11-,13+/m1/s1. The molecule has 128 valence electrons. The summed E-state index contributed by atoms with van der Waals surface area (Å²) in [5.74, 6) is 0. The van der Waals surface area contributed by atoms with Crippen molar-refractivity contribution in [2.24, 2.45) is 0 Å². The van der Waals surface area contributed by atoms with E-state index in [2.05, 4.69) is 6.08 Å². The molecule has 3 aliphatic rings. The zero-order chi connectivity index (χ0) is 17.2. The molecule has 0 radical (unpaired) electrons. The fraction of sp³-hybridized carbons (Fsp3) is 0.824. The van der Waals surface area contributed by atoms with Crippen LogP contribution in [-0.4, -0.2) is 47.0 Å². The molecule has 1 amide bonds. The molecular weight excluding hydrogens is 293 g/mol. The second-order valence-electron chi connectivity index (χ2n) is 8.80. The summed E-state index contributed by atoms with van der Waals surface area (Å²) in [6, 6.07) is 0.133. The van der Waals surface area contributed by atoms with Gasteiger partial charge in [0.25, 0.3) is 0 Å². The number of nitrogens with zero attached hydrogens (tertiary/aromatic N) is 1. The summed E-state index contributed by atoms with van der Waals surface area (Å²) in [4.78, 5) is 14.4. The molecule has 0 N–H and O–H groups in total. The second-order valence-corrected chi connectivity index (χ2v) is 8.80. The summed E-state index contributed by atoms with van der Waals surface area (Å²) < 4.78 is 17.9. The number of carbonyl (C=O) groups excluding carboxylic acids is 1. The first-order valence-electron chi connectivity index (χ1n) is 8.50. The maximum absolute atomic E-state index is 12.5. The van der Waals surface area contributed by atoms with E-state index in [1.165, 1.54) is 0 Å². The number of ether oxygens (including phenoxy) is 1. The van der Waals surface area contributed by atoms with E-state index in [0.717, 1.165) is 18.3 Å². The van der Waals surface area contributed by atoms with Crippen LogP contribution in [0.25, 0.3) is 0 Å². The predicted octanol–water partition coefficient (Wildman–Crippen LogP) is 3.33. The number of carbonyl (C=O) groups is 1. The van der Waals surface area contributed by atoms with Gasteiger partial charge in [0, 0.05) is 0 Å². The number of rotatable bonds is 1. The number of amides is 1. The van der Waals surface area contributed by atoms with Gasteiger partial charge >= 0.3 is 13.2 Å². The van der Waals surface area contributed by atoms with Crippen molar-refractivity contribution in [2.45, 2.75) is 90.2 Å². The molecular formula is C17H28BNO4. The molecule has 3 heterocycles. The van der Waals surface area contributed by atoms with Crippen LogP contribution in [0.2, 0.25) is 0 Å². The molecule has 2 saturated heterocycles. The van der Waals surface area contributed by atoms with Crippen molar-refractivity contribution in [2.75, 3.05) is 0 Å². The third-order valence-corrected chi connectivity index (χ3v) is 5.33. The molecule has 0 aromatic carbocycles. The summed E-state index contributed by atoms with van der Waals surface area (Å²) in [7, 11) is -0.375. The zero-order valence-electron chi connectivity index (χ0n) is 15.3. The Morgan fingerprint density at radius 2 is 1.78 bits per heavy atom. The minimum Gasteiger partial charge on any atom is -0.444 e. The lowest BCUT2D eigenvalue weighted by atomic mass is 9.72. The number of fused-ring (bicyclic) bond motifs is 2. The Balaban J connectivity index is 1.76. The lowest BCUT2D eigenvalue weighted by Gasteiger charge is -2.32. The lowest BCUT2D eigenvalue weighted by Crippen LogP contribution is -2.42. The van der Waals surface area contributed by atoms with Crippen LogP contribution >= 0.6 is 0 Å². The van der Waals surface area contributed by atoms with E-state index in [0.29, 0.717) is 0 Å². The summed E-state index contributed by atoms with van der Waals surface area (Å²) in [5, 5.41) is 0. The minimum atomic E-state index is -0.483. The highest BCUT2D eigenvalue weighted by atomic mass is 16.7. The van der Waals surface area contributed by atoms with Crippen LogP contribution in [0.3, 0.4) is 0 Å². The Bertz CT molecular complexity index is 533. The van der Waals surface area contributed by atoms with Crippen LogP contribution in [-0.2, 0) is 14.0 Å². The highest BCUT2D eigenvalue weighted by Crippen LogP contribution is 2.45. The minimum absolute atomic E-state index is 0.0320. The third kappa shape index (κ3) is 2.80. The summed E-state index contributed by atoms with van der Waals surface area (Å²) in [6.07, 6.45) is 3.82. The monoisotopic (exact) mass is 321 g/mol. The van der Waals surface area contributed by atoms with Crippen LogP contribution in [0.5, 0.6) is 0 Å². The summed E-state index contributed by atoms with van der Waals surface area (Å²) >= 11 is 0. The normalized spacial score (nSPS) is 31.5. The molecule has 0 unspecified atom stereocenters. The maximum Gasteiger partial charge on any atom is 0.492 e. The van der Waals surface area contributed by atoms with Gasteiger partial charge < -0.3 is 14.0 Å². The van der Waals surface area contributed by atoms with Crippen molar-refractivity contribution in [3.63, 3.8) is 0 Å². The van der Waals surface area contributed by atoms with E-state index < -0.39 is 5.60 Å². The Kier molecular flexibility index (Phi) is 3.66. The molecule has 2 atom stereocenters. The first kappa shape index (κ1) is 16.8. The second kappa shape index (κ2) is 4.99. The van der Waals surface area contributed by atoms with E-state index in [9.17, 15) is 4.79 Å². The quantitative estimate of drug-likeness (QED) is 0.695. The van der Waals surface area contributed by atoms with Crippen LogP contribution in [0.15, 0.2) is 11.5 Å². The molecule has 23 heavy (non-hydrogen) atoms. The van der Waals surface area contributed by atoms with Gasteiger partial charge in [-0.25, -0.2) is 4.79 Å². The highest BCUT2D eigenvalue weighted by Gasteiger charge is 2.57. The van der Waals surface area contributed by atoms with Crippen LogP contribution in [0.1, 0.15) is 61.3 Å². The van der Waals surface area contributed by atoms with Crippen LogP contribution in [0, 0.1) is 0 Å². The van der Waals surface area contributed by atoms with E-state index in [1.807, 2.05) is 53.4 Å². The number of hydrogen-bond donors (Lipinski definition) is 0. The van der Waals surface area contributed by atoms with Gasteiger partial charge in [0.15, 0.2) is 0 Å². The van der Waals surface area contributed by atoms with Gasteiger partial charge in [0.1, 0.15) is 5.60 Å². The van der Waals surface area contributed by atoms with Gasteiger partial charge in [0.05, 0.1) is 23.3 Å². The molecule has 2 bridgehead atoms. The van der Waals surface area contributed by atoms with Crippen LogP contribution < -0.4 is 0 Å². The Morgan fingerprint density at radius 3 is 2.30 bits per heavy atom. The molecule has 0 spiro atoms. The molecule has 3 rings (SSSR count). The first-order valence-corrected chi connectivity index (χ1v) is 8.50. The molecule has 0 saturated carbocycles. The molecule has 0 aromatic rings. The fourth-order valence-electron chi connectivity index (χ4n) is 3.45. The van der Waals surface area contributed by atoms with Crippen LogP contribution in [0.4, 0.5) is 4.79 Å². The predicted molar refractivity (Wildman–Crippen MR) is 89.0 cm³/mol. The summed E-state index contributed by atoms with van der Waals surface area (Å²) in [6.45, 7) is 13.9. The average molecular weight is 321 g/mol. The molecule has 3 aliphatic heterocycles.